The van der Waals surface area contributed by atoms with Crippen LogP contribution < -0.4 is 0 Å². The van der Waals surface area contributed by atoms with E-state index in [2.05, 4.69) is 0 Å². The molecule has 2 aliphatic rings. The SMILES string of the molecule is COCCC(=O)N1CCC[C@@]2(CCC[C@H]2OC)C1. The summed E-state index contributed by atoms with van der Waals surface area (Å²) in [6, 6.07) is 0. The van der Waals surface area contributed by atoms with Gasteiger partial charge in [-0.25, -0.2) is 0 Å². The maximum atomic E-state index is 12.1. The van der Waals surface area contributed by atoms with Gasteiger partial charge in [-0.2, -0.15) is 0 Å². The van der Waals surface area contributed by atoms with Crippen molar-refractivity contribution in [1.29, 1.82) is 0 Å². The third kappa shape index (κ3) is 2.69. The molecule has 2 rings (SSSR count). The van der Waals surface area contributed by atoms with Gasteiger partial charge in [0.2, 0.25) is 5.91 Å². The highest BCUT2D eigenvalue weighted by Gasteiger charge is 2.46. The predicted molar refractivity (Wildman–Crippen MR) is 69.4 cm³/mol. The van der Waals surface area contributed by atoms with E-state index >= 15 is 0 Å². The highest BCUT2D eigenvalue weighted by Crippen LogP contribution is 2.46. The van der Waals surface area contributed by atoms with Gasteiger partial charge < -0.3 is 14.4 Å². The lowest BCUT2D eigenvalue weighted by Gasteiger charge is -2.43. The van der Waals surface area contributed by atoms with Gasteiger partial charge in [0.05, 0.1) is 19.1 Å². The van der Waals surface area contributed by atoms with E-state index in [0.29, 0.717) is 19.1 Å². The molecule has 0 N–H and O–H groups in total. The minimum Gasteiger partial charge on any atom is -0.384 e. The topological polar surface area (TPSA) is 38.8 Å². The summed E-state index contributed by atoms with van der Waals surface area (Å²) in [5.41, 5.74) is 0.232. The Morgan fingerprint density at radius 3 is 2.83 bits per heavy atom. The van der Waals surface area contributed by atoms with Crippen LogP contribution in [0.4, 0.5) is 0 Å². The molecule has 1 spiro atoms. The van der Waals surface area contributed by atoms with Crippen LogP contribution >= 0.6 is 0 Å². The van der Waals surface area contributed by atoms with Crippen molar-refractivity contribution in [3.05, 3.63) is 0 Å². The van der Waals surface area contributed by atoms with Gasteiger partial charge in [0.15, 0.2) is 0 Å². The molecule has 1 aliphatic carbocycles. The lowest BCUT2D eigenvalue weighted by molar-refractivity contribution is -0.138. The summed E-state index contributed by atoms with van der Waals surface area (Å²) in [6.45, 7) is 2.31. The summed E-state index contributed by atoms with van der Waals surface area (Å²) >= 11 is 0. The number of nitrogens with zero attached hydrogens (tertiary/aromatic N) is 1. The van der Waals surface area contributed by atoms with Gasteiger partial charge >= 0.3 is 0 Å². The van der Waals surface area contributed by atoms with Crippen molar-refractivity contribution >= 4 is 5.91 Å². The number of methoxy groups -OCH3 is 2. The number of carbonyl (C=O) groups is 1. The summed E-state index contributed by atoms with van der Waals surface area (Å²) in [4.78, 5) is 14.1. The first kappa shape index (κ1) is 13.8. The number of carbonyl (C=O) groups excluding carboxylic acids is 1. The van der Waals surface area contributed by atoms with Crippen LogP contribution in [0.5, 0.6) is 0 Å². The van der Waals surface area contributed by atoms with E-state index < -0.39 is 0 Å². The normalized spacial score (nSPS) is 32.1. The Kier molecular flexibility index (Phi) is 4.62. The van der Waals surface area contributed by atoms with Gasteiger partial charge in [-0.3, -0.25) is 4.79 Å². The average molecular weight is 255 g/mol. The molecule has 4 heteroatoms. The van der Waals surface area contributed by atoms with Crippen LogP contribution in [0, 0.1) is 5.41 Å². The number of piperidine rings is 1. The number of likely N-dealkylation sites (tertiary alicyclic amines) is 1. The Morgan fingerprint density at radius 2 is 2.11 bits per heavy atom. The summed E-state index contributed by atoms with van der Waals surface area (Å²) in [6.07, 6.45) is 6.76. The van der Waals surface area contributed by atoms with Crippen molar-refractivity contribution in [2.24, 2.45) is 5.41 Å². The van der Waals surface area contributed by atoms with E-state index in [1.165, 1.54) is 19.3 Å². The number of ether oxygens (including phenoxy) is 2. The smallest absolute Gasteiger partial charge is 0.224 e. The quantitative estimate of drug-likeness (QED) is 0.769. The van der Waals surface area contributed by atoms with E-state index in [-0.39, 0.29) is 11.3 Å². The molecule has 2 atom stereocenters. The number of amides is 1. The third-order valence-corrected chi connectivity index (χ3v) is 4.59. The van der Waals surface area contributed by atoms with Gasteiger partial charge in [-0.1, -0.05) is 6.42 Å². The van der Waals surface area contributed by atoms with Crippen LogP contribution in [0.3, 0.4) is 0 Å². The first-order valence-corrected chi connectivity index (χ1v) is 7.01. The highest BCUT2D eigenvalue weighted by molar-refractivity contribution is 5.76. The molecule has 104 valence electrons. The molecule has 1 saturated carbocycles. The van der Waals surface area contributed by atoms with Crippen molar-refractivity contribution in [2.75, 3.05) is 33.9 Å². The van der Waals surface area contributed by atoms with Crippen molar-refractivity contribution < 1.29 is 14.3 Å². The first-order chi connectivity index (χ1) is 8.72. The van der Waals surface area contributed by atoms with Crippen molar-refractivity contribution in [3.8, 4) is 0 Å². The average Bonchev–Trinajstić information content (AvgIpc) is 2.78. The molecule has 1 aliphatic heterocycles. The minimum absolute atomic E-state index is 0.232. The zero-order valence-electron chi connectivity index (χ0n) is 11.6. The van der Waals surface area contributed by atoms with E-state index in [0.717, 1.165) is 25.9 Å². The summed E-state index contributed by atoms with van der Waals surface area (Å²) in [7, 11) is 3.45. The van der Waals surface area contributed by atoms with Gasteiger partial charge in [0.25, 0.3) is 0 Å². The predicted octanol–water partition coefficient (Wildman–Crippen LogP) is 1.83. The van der Waals surface area contributed by atoms with E-state index in [1.54, 1.807) is 7.11 Å². The number of hydrogen-bond acceptors (Lipinski definition) is 3. The van der Waals surface area contributed by atoms with Gasteiger partial charge in [-0.15, -0.1) is 0 Å². The molecule has 1 heterocycles. The molecule has 4 nitrogen and oxygen atoms in total. The van der Waals surface area contributed by atoms with Crippen LogP contribution in [0.1, 0.15) is 38.5 Å². The van der Waals surface area contributed by atoms with Gasteiger partial charge in [0.1, 0.15) is 0 Å². The fraction of sp³-hybridized carbons (Fsp3) is 0.929. The molecule has 1 saturated heterocycles. The summed E-state index contributed by atoms with van der Waals surface area (Å²) in [5.74, 6) is 0.234. The molecule has 18 heavy (non-hydrogen) atoms. The Morgan fingerprint density at radius 1 is 1.33 bits per heavy atom. The molecule has 0 aromatic rings. The van der Waals surface area contributed by atoms with E-state index in [9.17, 15) is 4.79 Å². The van der Waals surface area contributed by atoms with Gasteiger partial charge in [-0.05, 0) is 25.7 Å². The molecule has 0 bridgehead atoms. The Balaban J connectivity index is 1.97. The molecule has 0 radical (unpaired) electrons. The second-order valence-electron chi connectivity index (χ2n) is 5.64. The van der Waals surface area contributed by atoms with Crippen LogP contribution in [-0.4, -0.2) is 50.8 Å². The van der Waals surface area contributed by atoms with Crippen molar-refractivity contribution in [3.63, 3.8) is 0 Å². The summed E-state index contributed by atoms with van der Waals surface area (Å²) in [5, 5.41) is 0. The fourth-order valence-electron chi connectivity index (χ4n) is 3.66. The van der Waals surface area contributed by atoms with E-state index in [4.69, 9.17) is 9.47 Å². The van der Waals surface area contributed by atoms with Crippen molar-refractivity contribution in [1.82, 2.24) is 4.90 Å². The van der Waals surface area contributed by atoms with Crippen LogP contribution in [-0.2, 0) is 14.3 Å². The van der Waals surface area contributed by atoms with Crippen LogP contribution in [0.15, 0.2) is 0 Å². The van der Waals surface area contributed by atoms with E-state index in [1.807, 2.05) is 12.0 Å². The molecule has 0 unspecified atom stereocenters. The molecule has 0 aromatic heterocycles. The Hall–Kier alpha value is -0.610. The van der Waals surface area contributed by atoms with Crippen LogP contribution in [0.25, 0.3) is 0 Å². The minimum atomic E-state index is 0.232. The zero-order chi connectivity index (χ0) is 13.0. The van der Waals surface area contributed by atoms with Crippen LogP contribution in [0.2, 0.25) is 0 Å². The largest absolute Gasteiger partial charge is 0.384 e. The third-order valence-electron chi connectivity index (χ3n) is 4.59. The molecule has 0 aromatic carbocycles. The molecule has 1 amide bonds. The monoisotopic (exact) mass is 255 g/mol. The Labute approximate surface area is 110 Å². The molecular formula is C14H25NO3. The van der Waals surface area contributed by atoms with Gasteiger partial charge in [0, 0.05) is 32.7 Å². The zero-order valence-corrected chi connectivity index (χ0v) is 11.6. The lowest BCUT2D eigenvalue weighted by atomic mass is 9.76. The number of hydrogen-bond donors (Lipinski definition) is 0. The Bertz CT molecular complexity index is 295. The molecule has 2 fully saturated rings. The molecular weight excluding hydrogens is 230 g/mol. The fourth-order valence-corrected chi connectivity index (χ4v) is 3.66. The summed E-state index contributed by atoms with van der Waals surface area (Å²) < 4.78 is 10.6. The maximum absolute atomic E-state index is 12.1. The second kappa shape index (κ2) is 6.02. The first-order valence-electron chi connectivity index (χ1n) is 7.01. The lowest BCUT2D eigenvalue weighted by Crippen LogP contribution is -2.49. The number of rotatable bonds is 4. The standard InChI is InChI=1S/C14H25NO3/c1-17-10-6-13(16)15-9-4-8-14(11-15)7-3-5-12(14)18-2/h12H,3-11H2,1-2H3/t12-,14+/m1/s1. The maximum Gasteiger partial charge on any atom is 0.224 e. The second-order valence-corrected chi connectivity index (χ2v) is 5.64. The highest BCUT2D eigenvalue weighted by atomic mass is 16.5. The van der Waals surface area contributed by atoms with Crippen molar-refractivity contribution in [2.45, 2.75) is 44.6 Å².